The molecule has 1 aromatic carbocycles. The number of benzene rings is 1. The Morgan fingerprint density at radius 1 is 1.31 bits per heavy atom. The quantitative estimate of drug-likeness (QED) is 0.568. The van der Waals surface area contributed by atoms with E-state index in [0.29, 0.717) is 16.0 Å². The van der Waals surface area contributed by atoms with Crippen LogP contribution in [0.15, 0.2) is 39.4 Å². The molecule has 1 heterocycles. The first-order chi connectivity index (χ1) is 7.59. The Bertz CT molecular complexity index is 546. The zero-order chi connectivity index (χ0) is 11.7. The lowest BCUT2D eigenvalue weighted by atomic mass is 10.1. The lowest BCUT2D eigenvalue weighted by molar-refractivity contribution is 0.101. The van der Waals surface area contributed by atoms with Crippen molar-refractivity contribution in [2.24, 2.45) is 0 Å². The van der Waals surface area contributed by atoms with Crippen molar-refractivity contribution in [2.45, 2.75) is 6.92 Å². The van der Waals surface area contributed by atoms with Crippen LogP contribution in [0.5, 0.6) is 0 Å². The largest absolute Gasteiger partial charge is 0.446 e. The average Bonchev–Trinajstić information content (AvgIpc) is 2.68. The molecular formula is C12H8BrIO2. The van der Waals surface area contributed by atoms with E-state index in [-0.39, 0.29) is 5.78 Å². The summed E-state index contributed by atoms with van der Waals surface area (Å²) >= 11 is 5.36. The molecule has 0 bridgehead atoms. The fraction of sp³-hybridized carbons (Fsp3) is 0.0833. The van der Waals surface area contributed by atoms with Gasteiger partial charge >= 0.3 is 0 Å². The van der Waals surface area contributed by atoms with Gasteiger partial charge in [0.15, 0.2) is 10.4 Å². The third-order valence-electron chi connectivity index (χ3n) is 2.23. The molecule has 2 rings (SSSR count). The number of hydrogen-bond acceptors (Lipinski definition) is 2. The molecule has 0 saturated heterocycles. The van der Waals surface area contributed by atoms with Crippen LogP contribution in [-0.4, -0.2) is 5.78 Å². The van der Waals surface area contributed by atoms with E-state index in [4.69, 9.17) is 4.42 Å². The molecule has 0 aliphatic carbocycles. The molecule has 0 aliphatic heterocycles. The van der Waals surface area contributed by atoms with Gasteiger partial charge in [-0.3, -0.25) is 4.79 Å². The van der Waals surface area contributed by atoms with Gasteiger partial charge in [0.2, 0.25) is 5.78 Å². The van der Waals surface area contributed by atoms with Crippen LogP contribution in [0.3, 0.4) is 0 Å². The van der Waals surface area contributed by atoms with Gasteiger partial charge in [0.1, 0.15) is 0 Å². The maximum atomic E-state index is 12.1. The maximum Gasteiger partial charge on any atom is 0.229 e. The predicted octanol–water partition coefficient (Wildman–Crippen LogP) is 4.19. The van der Waals surface area contributed by atoms with Gasteiger partial charge in [0.05, 0.1) is 0 Å². The van der Waals surface area contributed by atoms with Crippen LogP contribution in [0.1, 0.15) is 21.7 Å². The first-order valence-corrected chi connectivity index (χ1v) is 6.52. The Morgan fingerprint density at radius 3 is 2.69 bits per heavy atom. The highest BCUT2D eigenvalue weighted by Crippen LogP contribution is 2.22. The van der Waals surface area contributed by atoms with Crippen LogP contribution in [0.25, 0.3) is 0 Å². The fourth-order valence-electron chi connectivity index (χ4n) is 1.39. The van der Waals surface area contributed by atoms with Crippen molar-refractivity contribution in [2.75, 3.05) is 0 Å². The third kappa shape index (κ3) is 2.22. The van der Waals surface area contributed by atoms with Crippen molar-refractivity contribution in [3.8, 4) is 0 Å². The Morgan fingerprint density at radius 2 is 2.06 bits per heavy atom. The number of ketones is 1. The van der Waals surface area contributed by atoms with Crippen molar-refractivity contribution in [3.63, 3.8) is 0 Å². The second-order valence-corrected chi connectivity index (χ2v) is 5.23. The molecule has 1 aromatic heterocycles. The Hall–Kier alpha value is -0.620. The summed E-state index contributed by atoms with van der Waals surface area (Å²) in [6.45, 7) is 1.98. The molecular weight excluding hydrogens is 383 g/mol. The summed E-state index contributed by atoms with van der Waals surface area (Å²) in [5, 5.41) is 0. The van der Waals surface area contributed by atoms with Crippen molar-refractivity contribution in [1.82, 2.24) is 0 Å². The minimum absolute atomic E-state index is 0.0844. The Labute approximate surface area is 115 Å². The highest BCUT2D eigenvalue weighted by Gasteiger charge is 2.16. The maximum absolute atomic E-state index is 12.1. The smallest absolute Gasteiger partial charge is 0.229 e. The summed E-state index contributed by atoms with van der Waals surface area (Å²) in [7, 11) is 0. The first-order valence-electron chi connectivity index (χ1n) is 4.65. The van der Waals surface area contributed by atoms with Gasteiger partial charge in [-0.1, -0.05) is 12.1 Å². The molecule has 4 heteroatoms. The number of aryl methyl sites for hydroxylation is 1. The van der Waals surface area contributed by atoms with Gasteiger partial charge in [-0.25, -0.2) is 0 Å². The van der Waals surface area contributed by atoms with Gasteiger partial charge in [0, 0.05) is 9.13 Å². The summed E-state index contributed by atoms with van der Waals surface area (Å²) in [6.07, 6.45) is 0. The second kappa shape index (κ2) is 4.71. The standard InChI is InChI=1S/C12H8BrIO2/c1-7-3-2-4-8(11(7)14)12(15)9-5-6-10(13)16-9/h2-6H,1H3. The zero-order valence-corrected chi connectivity index (χ0v) is 12.2. The van der Waals surface area contributed by atoms with E-state index >= 15 is 0 Å². The van der Waals surface area contributed by atoms with E-state index in [1.165, 1.54) is 0 Å². The van der Waals surface area contributed by atoms with E-state index in [9.17, 15) is 4.79 Å². The molecule has 16 heavy (non-hydrogen) atoms. The van der Waals surface area contributed by atoms with Crippen LogP contribution in [0, 0.1) is 10.5 Å². The molecule has 2 aromatic rings. The number of carbonyl (C=O) groups is 1. The molecule has 0 fully saturated rings. The van der Waals surface area contributed by atoms with E-state index in [1.54, 1.807) is 12.1 Å². The number of hydrogen-bond donors (Lipinski definition) is 0. The normalized spacial score (nSPS) is 10.4. The number of carbonyl (C=O) groups excluding carboxylic acids is 1. The highest BCUT2D eigenvalue weighted by atomic mass is 127. The fourth-order valence-corrected chi connectivity index (χ4v) is 2.30. The monoisotopic (exact) mass is 390 g/mol. The summed E-state index contributed by atoms with van der Waals surface area (Å²) in [5.74, 6) is 0.272. The number of furan rings is 1. The van der Waals surface area contributed by atoms with Crippen LogP contribution in [0.4, 0.5) is 0 Å². The lowest BCUT2D eigenvalue weighted by Crippen LogP contribution is -2.03. The van der Waals surface area contributed by atoms with Gasteiger partial charge in [-0.15, -0.1) is 0 Å². The Balaban J connectivity index is 2.45. The van der Waals surface area contributed by atoms with Crippen molar-refractivity contribution < 1.29 is 9.21 Å². The average molecular weight is 391 g/mol. The van der Waals surface area contributed by atoms with Gasteiger partial charge in [-0.2, -0.15) is 0 Å². The lowest BCUT2D eigenvalue weighted by Gasteiger charge is -2.03. The van der Waals surface area contributed by atoms with Crippen LogP contribution < -0.4 is 0 Å². The Kier molecular flexibility index (Phi) is 3.49. The van der Waals surface area contributed by atoms with Crippen molar-refractivity contribution in [3.05, 3.63) is 55.5 Å². The van der Waals surface area contributed by atoms with E-state index in [2.05, 4.69) is 38.5 Å². The van der Waals surface area contributed by atoms with E-state index in [0.717, 1.165) is 9.13 Å². The van der Waals surface area contributed by atoms with Crippen molar-refractivity contribution >= 4 is 44.3 Å². The van der Waals surface area contributed by atoms with Crippen LogP contribution in [-0.2, 0) is 0 Å². The van der Waals surface area contributed by atoms with E-state index in [1.807, 2.05) is 25.1 Å². The topological polar surface area (TPSA) is 30.2 Å². The summed E-state index contributed by atoms with van der Waals surface area (Å²) in [5.41, 5.74) is 1.78. The highest BCUT2D eigenvalue weighted by molar-refractivity contribution is 14.1. The van der Waals surface area contributed by atoms with Crippen LogP contribution in [0.2, 0.25) is 0 Å². The van der Waals surface area contributed by atoms with Gasteiger partial charge in [0.25, 0.3) is 0 Å². The number of rotatable bonds is 2. The molecule has 0 saturated carbocycles. The van der Waals surface area contributed by atoms with Crippen LogP contribution >= 0.6 is 38.5 Å². The first kappa shape index (κ1) is 11.9. The SMILES string of the molecule is Cc1cccc(C(=O)c2ccc(Br)o2)c1I. The van der Waals surface area contributed by atoms with Gasteiger partial charge in [-0.05, 0) is 69.2 Å². The molecule has 82 valence electrons. The third-order valence-corrected chi connectivity index (χ3v) is 4.09. The summed E-state index contributed by atoms with van der Waals surface area (Å²) in [4.78, 5) is 12.1. The molecule has 0 unspecified atom stereocenters. The zero-order valence-electron chi connectivity index (χ0n) is 8.46. The molecule has 0 radical (unpaired) electrons. The molecule has 0 aliphatic rings. The molecule has 2 nitrogen and oxygen atoms in total. The predicted molar refractivity (Wildman–Crippen MR) is 73.7 cm³/mol. The minimum Gasteiger partial charge on any atom is -0.446 e. The summed E-state index contributed by atoms with van der Waals surface area (Å²) in [6, 6.07) is 9.06. The molecule has 0 spiro atoms. The van der Waals surface area contributed by atoms with E-state index < -0.39 is 0 Å². The minimum atomic E-state index is -0.0844. The second-order valence-electron chi connectivity index (χ2n) is 3.37. The molecule has 0 N–H and O–H groups in total. The van der Waals surface area contributed by atoms with Crippen molar-refractivity contribution in [1.29, 1.82) is 0 Å². The number of halogens is 2. The summed E-state index contributed by atoms with van der Waals surface area (Å²) < 4.78 is 6.80. The van der Waals surface area contributed by atoms with Gasteiger partial charge < -0.3 is 4.42 Å². The molecule has 0 amide bonds. The molecule has 0 atom stereocenters.